The van der Waals surface area contributed by atoms with Gasteiger partial charge in [0.1, 0.15) is 35.0 Å². The fourth-order valence-corrected chi connectivity index (χ4v) is 6.67. The number of hydrogen-bond donors (Lipinski definition) is 2. The van der Waals surface area contributed by atoms with Crippen molar-refractivity contribution in [3.8, 4) is 47.3 Å². The van der Waals surface area contributed by atoms with E-state index in [2.05, 4.69) is 40.9 Å². The van der Waals surface area contributed by atoms with E-state index in [0.29, 0.717) is 41.3 Å². The van der Waals surface area contributed by atoms with Gasteiger partial charge in [-0.3, -0.25) is 0 Å². The quantitative estimate of drug-likeness (QED) is 0.0959. The van der Waals surface area contributed by atoms with Crippen LogP contribution in [-0.4, -0.2) is 50.0 Å². The molecule has 3 N–H and O–H groups in total. The zero-order valence-electron chi connectivity index (χ0n) is 33.3. The Morgan fingerprint density at radius 1 is 0.684 bits per heavy atom. The normalized spacial score (nSPS) is 10.6. The van der Waals surface area contributed by atoms with Crippen molar-refractivity contribution in [3.05, 3.63) is 119 Å². The van der Waals surface area contributed by atoms with Crippen LogP contribution in [0.15, 0.2) is 84.9 Å². The minimum Gasteiger partial charge on any atom is -0.497 e. The number of halogens is 1. The summed E-state index contributed by atoms with van der Waals surface area (Å²) in [6.45, 7) is 9.67. The van der Waals surface area contributed by atoms with Crippen molar-refractivity contribution < 1.29 is 18.6 Å². The van der Waals surface area contributed by atoms with Crippen LogP contribution in [0.2, 0.25) is 0 Å². The lowest BCUT2D eigenvalue weighted by Gasteiger charge is -2.10. The zero-order chi connectivity index (χ0) is 41.9. The standard InChI is InChI=1S/C22H22N3O2P.C20H17N3O.C2H6ClOP/c1-5-25-21(20(15-23)19-11-10-18(27-2)14-22(19)25)12-9-16-7-6-8-17(13-16)24-28(3,4)26;1-3-23-19(10-7-14-5-4-6-15(22)11-14)18(13-21)17-9-8-16(24-2)12-20(17)23;1-5(2,3)4/h6-8,10-11,13-14H,5H2,1-4H3,(H,24,26);4-6,8-9,11-12H,3,22H2,1-2H3;1-2H3. The third-order valence-corrected chi connectivity index (χ3v) is 8.99. The molecule has 10 nitrogen and oxygen atoms in total. The fraction of sp³-hybridized carbons (Fsp3) is 0.227. The van der Waals surface area contributed by atoms with Crippen LogP contribution in [0.25, 0.3) is 21.8 Å². The molecule has 0 aliphatic heterocycles. The minimum atomic E-state index is -2.39. The Morgan fingerprint density at radius 3 is 1.51 bits per heavy atom. The summed E-state index contributed by atoms with van der Waals surface area (Å²) in [6.07, 6.45) is 0. The van der Waals surface area contributed by atoms with E-state index in [-0.39, 0.29) is 0 Å². The van der Waals surface area contributed by atoms with Gasteiger partial charge in [-0.2, -0.15) is 10.5 Å². The van der Waals surface area contributed by atoms with Crippen molar-refractivity contribution in [1.29, 1.82) is 10.5 Å². The van der Waals surface area contributed by atoms with Gasteiger partial charge in [0.05, 0.1) is 36.4 Å². The maximum atomic E-state index is 12.0. The van der Waals surface area contributed by atoms with Crippen LogP contribution in [0.5, 0.6) is 11.5 Å². The second-order valence-corrected chi connectivity index (χ2v) is 21.1. The Balaban J connectivity index is 0.000000228. The Bertz CT molecular complexity index is 2730. The van der Waals surface area contributed by atoms with E-state index in [1.807, 2.05) is 108 Å². The van der Waals surface area contributed by atoms with E-state index in [9.17, 15) is 19.7 Å². The molecule has 0 aliphatic carbocycles. The van der Waals surface area contributed by atoms with Gasteiger partial charge in [-0.15, -0.1) is 0 Å². The van der Waals surface area contributed by atoms with Crippen LogP contribution in [0, 0.1) is 46.3 Å². The first-order valence-corrected chi connectivity index (χ1v) is 23.9. The van der Waals surface area contributed by atoms with Crippen LogP contribution in [0.3, 0.4) is 0 Å². The number of nitrogens with two attached hydrogens (primary N) is 1. The molecule has 0 bridgehead atoms. The number of nitriles is 2. The summed E-state index contributed by atoms with van der Waals surface area (Å²) in [5.74, 6) is 14.1. The number of nitrogens with one attached hydrogen (secondary N) is 1. The van der Waals surface area contributed by atoms with Gasteiger partial charge in [0, 0.05) is 85.2 Å². The SMILES string of the molecule is CCn1c(C#Cc2cccc(N)c2)c(C#N)c2ccc(OC)cc21.CCn1c(C#Cc2cccc(NP(C)(C)=O)c2)c(C#N)c2ccc(OC)cc21.CP(C)(=O)Cl. The van der Waals surface area contributed by atoms with Gasteiger partial charge in [0.2, 0.25) is 0 Å². The highest BCUT2D eigenvalue weighted by Crippen LogP contribution is 2.41. The average Bonchev–Trinajstić information content (AvgIpc) is 3.64. The number of nitrogens with zero attached hydrogens (tertiary/aromatic N) is 4. The Hall–Kier alpha value is -5.99. The summed E-state index contributed by atoms with van der Waals surface area (Å²) in [6, 6.07) is 30.9. The van der Waals surface area contributed by atoms with Crippen molar-refractivity contribution in [1.82, 2.24) is 9.13 Å². The van der Waals surface area contributed by atoms with Gasteiger partial charge in [-0.25, -0.2) is 0 Å². The molecule has 57 heavy (non-hydrogen) atoms. The second kappa shape index (κ2) is 19.2. The number of rotatable bonds is 6. The number of ether oxygens (including phenoxy) is 2. The molecule has 6 aromatic rings. The number of aromatic nitrogens is 2. The van der Waals surface area contributed by atoms with Gasteiger partial charge in [-0.05, 0) is 86.4 Å². The lowest BCUT2D eigenvalue weighted by molar-refractivity contribution is 0.415. The monoisotopic (exact) mass is 818 g/mol. The molecule has 0 radical (unpaired) electrons. The molecule has 2 aromatic heterocycles. The van der Waals surface area contributed by atoms with E-state index in [4.69, 9.17) is 26.4 Å². The summed E-state index contributed by atoms with van der Waals surface area (Å²) in [5.41, 5.74) is 13.3. The van der Waals surface area contributed by atoms with Crippen molar-refractivity contribution in [2.75, 3.05) is 51.7 Å². The molecule has 0 fully saturated rings. The number of hydrogen-bond acceptors (Lipinski definition) is 7. The highest BCUT2D eigenvalue weighted by Gasteiger charge is 2.17. The number of anilines is 2. The summed E-state index contributed by atoms with van der Waals surface area (Å²) >= 11 is 5.09. The van der Waals surface area contributed by atoms with E-state index in [1.165, 1.54) is 13.3 Å². The van der Waals surface area contributed by atoms with Crippen LogP contribution in [0.4, 0.5) is 11.4 Å². The summed E-state index contributed by atoms with van der Waals surface area (Å²) in [7, 11) is 0.860. The van der Waals surface area contributed by atoms with Gasteiger partial charge in [0.25, 0.3) is 0 Å². The van der Waals surface area contributed by atoms with Crippen LogP contribution in [0.1, 0.15) is 47.5 Å². The Kier molecular flexibility index (Phi) is 14.8. The highest BCUT2D eigenvalue weighted by atomic mass is 35.7. The van der Waals surface area contributed by atoms with E-state index in [1.54, 1.807) is 27.5 Å². The highest BCUT2D eigenvalue weighted by molar-refractivity contribution is 7.88. The number of fused-ring (bicyclic) bond motifs is 2. The molecule has 0 amide bonds. The maximum Gasteiger partial charge on any atom is 0.164 e. The van der Waals surface area contributed by atoms with Crippen molar-refractivity contribution in [2.45, 2.75) is 26.9 Å². The predicted molar refractivity (Wildman–Crippen MR) is 235 cm³/mol. The van der Waals surface area contributed by atoms with E-state index >= 15 is 0 Å². The number of aryl methyl sites for hydroxylation is 2. The molecular formula is C44H45ClN6O4P2. The number of nitrogen functional groups attached to an aromatic ring is 1. The van der Waals surface area contributed by atoms with Crippen LogP contribution >= 0.6 is 25.0 Å². The summed E-state index contributed by atoms with van der Waals surface area (Å²) in [5, 5.41) is 24.1. The molecule has 0 aliphatic rings. The Labute approximate surface area is 339 Å². The molecule has 0 atom stereocenters. The molecule has 0 spiro atoms. The van der Waals surface area contributed by atoms with Gasteiger partial charge in [-0.1, -0.05) is 35.2 Å². The molecule has 0 saturated carbocycles. The second-order valence-electron chi connectivity index (χ2n) is 13.3. The number of methoxy groups -OCH3 is 2. The molecule has 6 rings (SSSR count). The largest absolute Gasteiger partial charge is 0.497 e. The van der Waals surface area contributed by atoms with Gasteiger partial charge < -0.3 is 38.6 Å². The molecule has 13 heteroatoms. The molecule has 0 saturated heterocycles. The lowest BCUT2D eigenvalue weighted by Crippen LogP contribution is -1.98. The average molecular weight is 819 g/mol. The van der Waals surface area contributed by atoms with Crippen molar-refractivity contribution >= 4 is 58.2 Å². The van der Waals surface area contributed by atoms with Crippen molar-refractivity contribution in [3.63, 3.8) is 0 Å². The topological polar surface area (TPSA) is 148 Å². The number of benzene rings is 4. The fourth-order valence-electron chi connectivity index (χ4n) is 5.91. The minimum absolute atomic E-state index is 0.563. The first kappa shape index (κ1) is 43.7. The van der Waals surface area contributed by atoms with Gasteiger partial charge in [0.15, 0.2) is 13.8 Å². The molecule has 4 aromatic carbocycles. The van der Waals surface area contributed by atoms with Gasteiger partial charge >= 0.3 is 0 Å². The third kappa shape index (κ3) is 11.8. The first-order valence-electron chi connectivity index (χ1n) is 17.8. The zero-order valence-corrected chi connectivity index (χ0v) is 35.8. The Morgan fingerprint density at radius 2 is 1.12 bits per heavy atom. The molecule has 2 heterocycles. The molecule has 0 unspecified atom stereocenters. The smallest absolute Gasteiger partial charge is 0.164 e. The third-order valence-electron chi connectivity index (χ3n) is 8.20. The molecule has 292 valence electrons. The van der Waals surface area contributed by atoms with Crippen molar-refractivity contribution in [2.24, 2.45) is 0 Å². The van der Waals surface area contributed by atoms with E-state index < -0.39 is 13.8 Å². The summed E-state index contributed by atoms with van der Waals surface area (Å²) in [4.78, 5) is 0. The summed E-state index contributed by atoms with van der Waals surface area (Å²) < 4.78 is 36.7. The molecular weight excluding hydrogens is 774 g/mol. The van der Waals surface area contributed by atoms with E-state index in [0.717, 1.165) is 50.1 Å². The first-order chi connectivity index (χ1) is 27.0. The van der Waals surface area contributed by atoms with Crippen LogP contribution in [-0.2, 0) is 22.2 Å². The van der Waals surface area contributed by atoms with Crippen LogP contribution < -0.4 is 20.3 Å². The lowest BCUT2D eigenvalue weighted by atomic mass is 10.1. The maximum absolute atomic E-state index is 12.0. The predicted octanol–water partition coefficient (Wildman–Crippen LogP) is 10.2.